The molecule has 1 unspecified atom stereocenters. The van der Waals surface area contributed by atoms with Gasteiger partial charge in [-0.3, -0.25) is 4.79 Å². The van der Waals surface area contributed by atoms with Gasteiger partial charge in [-0.15, -0.1) is 0 Å². The number of hydrogen-bond donors (Lipinski definition) is 3. The maximum Gasteiger partial charge on any atom is 0.318 e. The van der Waals surface area contributed by atoms with Crippen LogP contribution in [0.4, 0.5) is 4.79 Å². The molecule has 0 aromatic heterocycles. The van der Waals surface area contributed by atoms with E-state index in [0.29, 0.717) is 24.9 Å². The number of benzene rings is 5. The molecule has 6 heteroatoms. The van der Waals surface area contributed by atoms with Gasteiger partial charge in [-0.1, -0.05) is 159 Å². The van der Waals surface area contributed by atoms with Gasteiger partial charge in [0, 0.05) is 33.9 Å². The Morgan fingerprint density at radius 1 is 0.738 bits per heavy atom. The van der Waals surface area contributed by atoms with Gasteiger partial charge < -0.3 is 20.4 Å². The van der Waals surface area contributed by atoms with E-state index in [2.05, 4.69) is 85.9 Å². The monoisotopic (exact) mass is 810 g/mol. The molecule has 3 N–H and O–H groups in total. The summed E-state index contributed by atoms with van der Waals surface area (Å²) in [5.41, 5.74) is 2.74. The van der Waals surface area contributed by atoms with E-state index in [-0.39, 0.29) is 41.7 Å². The van der Waals surface area contributed by atoms with Gasteiger partial charge in [-0.2, -0.15) is 0 Å². The summed E-state index contributed by atoms with van der Waals surface area (Å²) in [6.07, 6.45) is 11.8. The fraction of sp³-hybridized carbons (Fsp3) is 0.382. The van der Waals surface area contributed by atoms with Crippen LogP contribution in [-0.2, 0) is 6.54 Å². The molecule has 0 aliphatic heterocycles. The van der Waals surface area contributed by atoms with Crippen molar-refractivity contribution >= 4 is 22.6 Å². The molecule has 0 saturated heterocycles. The highest BCUT2D eigenvalue weighted by atomic mass is 16.3. The van der Waals surface area contributed by atoms with Crippen LogP contribution in [-0.4, -0.2) is 45.2 Å². The van der Waals surface area contributed by atoms with Crippen LogP contribution >= 0.6 is 0 Å². The maximum absolute atomic E-state index is 15.3. The van der Waals surface area contributed by atoms with E-state index < -0.39 is 27.9 Å². The number of aliphatic hydroxyl groups excluding tert-OH is 1. The third kappa shape index (κ3) is 6.11. The first kappa shape index (κ1) is 39.8. The zero-order valence-electron chi connectivity index (χ0n) is 35.7. The van der Waals surface area contributed by atoms with Crippen LogP contribution in [0.5, 0.6) is 0 Å². The fourth-order valence-electron chi connectivity index (χ4n) is 13.5. The van der Waals surface area contributed by atoms with E-state index in [1.165, 1.54) is 0 Å². The lowest BCUT2D eigenvalue weighted by Crippen LogP contribution is -2.67. The predicted molar refractivity (Wildman–Crippen MR) is 243 cm³/mol. The highest BCUT2D eigenvalue weighted by Gasteiger charge is 2.74. The van der Waals surface area contributed by atoms with Crippen LogP contribution in [0.25, 0.3) is 21.9 Å². The first-order chi connectivity index (χ1) is 29.4. The number of Topliss-reactive ketones (excluding diaryl/α,β-unsaturated/α-hetero) is 1. The lowest BCUT2D eigenvalue weighted by atomic mass is 9.32. The van der Waals surface area contributed by atoms with Gasteiger partial charge in [0.05, 0.1) is 24.3 Å². The summed E-state index contributed by atoms with van der Waals surface area (Å²) in [4.78, 5) is 31.8. The third-order valence-corrected chi connectivity index (χ3v) is 16.8. The Kier molecular flexibility index (Phi) is 9.57. The van der Waals surface area contributed by atoms with Crippen LogP contribution in [0, 0.1) is 33.5 Å². The number of carbonyl (C=O) groups excluding carboxylic acids is 2. The second-order valence-electron chi connectivity index (χ2n) is 19.7. The SMILES string of the molecule is C[C@@H](NC(=O)N(Cc1cccc2ccccc12)C[C@]1(O)CC[C@H]2[C@]34C=C[C@@]5(C=C3C(=O)c3ccc(-c6ccccc6)cc3)CC(O)CC[C@]5(C)[C@H]4CC[C@@]21C)c1ccccc1. The van der Waals surface area contributed by atoms with Crippen molar-refractivity contribution in [2.45, 2.75) is 90.0 Å². The van der Waals surface area contributed by atoms with Gasteiger partial charge >= 0.3 is 6.03 Å². The Balaban J connectivity index is 1.03. The maximum atomic E-state index is 15.3. The second kappa shape index (κ2) is 14.7. The van der Waals surface area contributed by atoms with Crippen LogP contribution in [0.3, 0.4) is 0 Å². The van der Waals surface area contributed by atoms with E-state index in [1.807, 2.05) is 90.7 Å². The van der Waals surface area contributed by atoms with E-state index in [1.54, 1.807) is 0 Å². The number of rotatable bonds is 9. The number of allylic oxidation sites excluding steroid dienone is 4. The number of hydrogen-bond acceptors (Lipinski definition) is 4. The Labute approximate surface area is 360 Å². The predicted octanol–water partition coefficient (Wildman–Crippen LogP) is 11.3. The molecule has 2 amide bonds. The van der Waals surface area contributed by atoms with E-state index in [4.69, 9.17) is 0 Å². The lowest BCUT2D eigenvalue weighted by molar-refractivity contribution is -0.174. The molecule has 9 atom stereocenters. The number of amides is 2. The van der Waals surface area contributed by atoms with Gasteiger partial charge in [0.15, 0.2) is 5.78 Å². The van der Waals surface area contributed by atoms with Crippen LogP contribution in [0.1, 0.15) is 93.2 Å². The van der Waals surface area contributed by atoms with Crippen molar-refractivity contribution in [3.05, 3.63) is 168 Å². The number of carbonyl (C=O) groups is 2. The quantitative estimate of drug-likeness (QED) is 0.102. The highest BCUT2D eigenvalue weighted by Crippen LogP contribution is 2.78. The smallest absolute Gasteiger partial charge is 0.318 e. The minimum atomic E-state index is -1.22. The zero-order chi connectivity index (χ0) is 42.2. The summed E-state index contributed by atoms with van der Waals surface area (Å²) in [5, 5.41) is 30.2. The topological polar surface area (TPSA) is 89.9 Å². The number of ketones is 1. The molecule has 6 aliphatic carbocycles. The van der Waals surface area contributed by atoms with Crippen molar-refractivity contribution in [1.29, 1.82) is 0 Å². The molecule has 61 heavy (non-hydrogen) atoms. The normalized spacial score (nSPS) is 32.6. The van der Waals surface area contributed by atoms with Crippen molar-refractivity contribution in [2.75, 3.05) is 6.54 Å². The van der Waals surface area contributed by atoms with Crippen molar-refractivity contribution in [3.8, 4) is 11.1 Å². The van der Waals surface area contributed by atoms with Crippen molar-refractivity contribution in [2.24, 2.45) is 33.5 Å². The minimum absolute atomic E-state index is 0.0357. The summed E-state index contributed by atoms with van der Waals surface area (Å²) in [5.74, 6) is 0.181. The Hall–Kier alpha value is -5.30. The fourth-order valence-corrected chi connectivity index (χ4v) is 13.5. The molecule has 2 spiro atoms. The summed E-state index contributed by atoms with van der Waals surface area (Å²) in [6.45, 7) is 7.20. The average Bonchev–Trinajstić information content (AvgIpc) is 3.56. The second-order valence-corrected chi connectivity index (χ2v) is 19.7. The molecule has 6 nitrogen and oxygen atoms in total. The molecule has 5 aromatic carbocycles. The molecule has 312 valence electrons. The Morgan fingerprint density at radius 3 is 2.15 bits per heavy atom. The number of urea groups is 1. The lowest BCUT2D eigenvalue weighted by Gasteiger charge is -2.71. The van der Waals surface area contributed by atoms with Gasteiger partial charge in [-0.25, -0.2) is 4.79 Å². The summed E-state index contributed by atoms with van der Waals surface area (Å²) in [7, 11) is 0. The average molecular weight is 811 g/mol. The molecule has 0 radical (unpaired) electrons. The minimum Gasteiger partial charge on any atom is -0.393 e. The Morgan fingerprint density at radius 2 is 1.38 bits per heavy atom. The number of nitrogens with one attached hydrogen (secondary N) is 1. The molecule has 3 saturated carbocycles. The van der Waals surface area contributed by atoms with Crippen molar-refractivity contribution in [3.63, 3.8) is 0 Å². The number of fused-ring (bicyclic) bond motifs is 2. The van der Waals surface area contributed by atoms with E-state index in [9.17, 15) is 15.0 Å². The molecule has 0 heterocycles. The van der Waals surface area contributed by atoms with Crippen molar-refractivity contribution in [1.82, 2.24) is 10.2 Å². The van der Waals surface area contributed by atoms with Crippen LogP contribution < -0.4 is 5.32 Å². The van der Waals surface area contributed by atoms with E-state index in [0.717, 1.165) is 70.7 Å². The highest BCUT2D eigenvalue weighted by molar-refractivity contribution is 6.10. The van der Waals surface area contributed by atoms with Crippen molar-refractivity contribution < 1.29 is 19.8 Å². The summed E-state index contributed by atoms with van der Waals surface area (Å²) >= 11 is 0. The molecular weight excluding hydrogens is 753 g/mol. The molecule has 5 aromatic rings. The molecular formula is C55H58N2O4. The first-order valence-corrected chi connectivity index (χ1v) is 22.5. The third-order valence-electron chi connectivity index (χ3n) is 16.8. The van der Waals surface area contributed by atoms with Gasteiger partial charge in [0.25, 0.3) is 0 Å². The Bertz CT molecular complexity index is 2550. The summed E-state index contributed by atoms with van der Waals surface area (Å²) in [6, 6.07) is 42.4. The number of nitrogens with zero attached hydrogens (tertiary/aromatic N) is 1. The van der Waals surface area contributed by atoms with Crippen LogP contribution in [0.2, 0.25) is 0 Å². The number of aliphatic hydroxyl groups is 2. The van der Waals surface area contributed by atoms with Crippen LogP contribution in [0.15, 0.2) is 151 Å². The first-order valence-electron chi connectivity index (χ1n) is 22.5. The molecule has 2 bridgehead atoms. The van der Waals surface area contributed by atoms with Gasteiger partial charge in [0.2, 0.25) is 0 Å². The van der Waals surface area contributed by atoms with Gasteiger partial charge in [0.1, 0.15) is 0 Å². The van der Waals surface area contributed by atoms with Gasteiger partial charge in [-0.05, 0) is 102 Å². The molecule has 3 fully saturated rings. The molecule has 11 rings (SSSR count). The molecule has 6 aliphatic rings. The summed E-state index contributed by atoms with van der Waals surface area (Å²) < 4.78 is 0. The zero-order valence-corrected chi connectivity index (χ0v) is 35.7. The largest absolute Gasteiger partial charge is 0.393 e. The standard InChI is InChI=1S/C55H58N2O4/c1-37(38-13-6-4-7-14-38)56-50(60)57(35-43-19-12-18-41-17-10-11-20-45(41)43)36-54(61)30-27-48-52(54,3)29-26-47-51(2)28-25-44(58)33-53(51)31-32-55(47,48)46(34-53)49(59)42-23-21-40(22-24-42)39-15-8-5-9-16-39/h4-24,31-32,34,37,44,47-48,58,61H,25-30,33,35-36H2,1-3H3,(H,56,60)/t37-,44?,47-,48-,51-,52+,53+,54-,55-/m1/s1. The van der Waals surface area contributed by atoms with E-state index >= 15 is 4.79 Å².